The summed E-state index contributed by atoms with van der Waals surface area (Å²) >= 11 is 1.92. The van der Waals surface area contributed by atoms with Gasteiger partial charge >= 0.3 is 0 Å². The van der Waals surface area contributed by atoms with Gasteiger partial charge in [0.05, 0.1) is 11.4 Å². The largest absolute Gasteiger partial charge is 0.370 e. The maximum atomic E-state index is 12.3. The molecule has 0 aliphatic carbocycles. The Hall–Kier alpha value is -0.620. The number of benzene rings is 1. The third-order valence-corrected chi connectivity index (χ3v) is 5.19. The molecule has 2 saturated heterocycles. The predicted molar refractivity (Wildman–Crippen MR) is 105 cm³/mol. The van der Waals surface area contributed by atoms with E-state index in [2.05, 4.69) is 21.6 Å². The van der Waals surface area contributed by atoms with Crippen LogP contribution in [-0.4, -0.2) is 43.1 Å². The Kier molecular flexibility index (Phi) is 9.14. The second-order valence-electron chi connectivity index (χ2n) is 5.69. The van der Waals surface area contributed by atoms with Crippen molar-refractivity contribution in [3.05, 3.63) is 24.3 Å². The number of hydrogen-bond donors (Lipinski definition) is 2. The van der Waals surface area contributed by atoms with E-state index in [1.807, 2.05) is 30.0 Å². The molecule has 1 amide bonds. The quantitative estimate of drug-likeness (QED) is 0.845. The van der Waals surface area contributed by atoms with E-state index in [1.54, 1.807) is 0 Å². The molecule has 2 heterocycles. The number of thioether (sulfide) groups is 1. The summed E-state index contributed by atoms with van der Waals surface area (Å²) in [6.45, 7) is 3.19. The Balaban J connectivity index is 0.00000132. The summed E-state index contributed by atoms with van der Waals surface area (Å²) in [5.41, 5.74) is 2.11. The summed E-state index contributed by atoms with van der Waals surface area (Å²) in [6.07, 6.45) is 3.04. The van der Waals surface area contributed by atoms with Crippen LogP contribution in [0, 0.1) is 0 Å². The Morgan fingerprint density at radius 1 is 1.26 bits per heavy atom. The fraction of sp³-hybridized carbons (Fsp3) is 0.562. The van der Waals surface area contributed by atoms with Crippen LogP contribution in [0.25, 0.3) is 0 Å². The lowest BCUT2D eigenvalue weighted by atomic mass is 10.2. The van der Waals surface area contributed by atoms with Gasteiger partial charge in [-0.3, -0.25) is 4.79 Å². The van der Waals surface area contributed by atoms with Crippen LogP contribution in [0.5, 0.6) is 0 Å². The smallest absolute Gasteiger partial charge is 0.226 e. The standard InChI is InChI=1S/C16H23N3OS.2ClH/c20-16(11-13-12-21-10-7-17-13)18-14-5-1-2-6-15(14)19-8-3-4-9-19;;/h1-2,5-6,13,17H,3-4,7-12H2,(H,18,20);2*1H. The molecule has 0 aromatic heterocycles. The minimum atomic E-state index is 0. The van der Waals surface area contributed by atoms with Crippen molar-refractivity contribution < 1.29 is 4.79 Å². The van der Waals surface area contributed by atoms with Gasteiger partial charge in [0.25, 0.3) is 0 Å². The van der Waals surface area contributed by atoms with Crippen LogP contribution < -0.4 is 15.5 Å². The third kappa shape index (κ3) is 5.75. The summed E-state index contributed by atoms with van der Waals surface area (Å²) in [7, 11) is 0. The first-order chi connectivity index (χ1) is 10.3. The molecule has 4 nitrogen and oxygen atoms in total. The maximum absolute atomic E-state index is 12.3. The number of rotatable bonds is 4. The lowest BCUT2D eigenvalue weighted by Crippen LogP contribution is -2.40. The lowest BCUT2D eigenvalue weighted by Gasteiger charge is -2.24. The molecule has 1 aromatic rings. The molecule has 23 heavy (non-hydrogen) atoms. The normalized spacial score (nSPS) is 20.3. The van der Waals surface area contributed by atoms with Crippen molar-refractivity contribution in [2.45, 2.75) is 25.3 Å². The number of anilines is 2. The topological polar surface area (TPSA) is 44.4 Å². The van der Waals surface area contributed by atoms with E-state index in [0.29, 0.717) is 12.5 Å². The fourth-order valence-corrected chi connectivity index (χ4v) is 3.94. The molecule has 2 N–H and O–H groups in total. The zero-order valence-corrected chi connectivity index (χ0v) is 15.6. The van der Waals surface area contributed by atoms with Gasteiger partial charge in [0.1, 0.15) is 0 Å². The first kappa shape index (κ1) is 20.4. The number of carbonyl (C=O) groups excluding carboxylic acids is 1. The molecule has 130 valence electrons. The van der Waals surface area contributed by atoms with E-state index in [0.717, 1.165) is 42.5 Å². The first-order valence-electron chi connectivity index (χ1n) is 7.78. The van der Waals surface area contributed by atoms with Crippen LogP contribution in [-0.2, 0) is 4.79 Å². The number of para-hydroxylation sites is 2. The van der Waals surface area contributed by atoms with E-state index < -0.39 is 0 Å². The van der Waals surface area contributed by atoms with Crippen molar-refractivity contribution in [1.82, 2.24) is 5.32 Å². The zero-order chi connectivity index (χ0) is 14.5. The van der Waals surface area contributed by atoms with Gasteiger partial charge in [0, 0.05) is 43.6 Å². The molecular weight excluding hydrogens is 353 g/mol. The van der Waals surface area contributed by atoms with Crippen LogP contribution in [0.2, 0.25) is 0 Å². The Bertz CT molecular complexity index is 492. The van der Waals surface area contributed by atoms with Gasteiger partial charge in [-0.15, -0.1) is 24.8 Å². The van der Waals surface area contributed by atoms with Gasteiger partial charge < -0.3 is 15.5 Å². The third-order valence-electron chi connectivity index (χ3n) is 4.06. The summed E-state index contributed by atoms with van der Waals surface area (Å²) in [5, 5.41) is 6.52. The highest BCUT2D eigenvalue weighted by Gasteiger charge is 2.19. The molecule has 1 aromatic carbocycles. The van der Waals surface area contributed by atoms with E-state index in [9.17, 15) is 4.79 Å². The molecule has 0 bridgehead atoms. The highest BCUT2D eigenvalue weighted by Crippen LogP contribution is 2.28. The van der Waals surface area contributed by atoms with Crippen molar-refractivity contribution in [2.75, 3.05) is 41.4 Å². The summed E-state index contributed by atoms with van der Waals surface area (Å²) < 4.78 is 0. The van der Waals surface area contributed by atoms with Gasteiger partial charge in [-0.05, 0) is 25.0 Å². The molecule has 2 fully saturated rings. The van der Waals surface area contributed by atoms with Crippen LogP contribution in [0.4, 0.5) is 11.4 Å². The molecule has 2 aliphatic heterocycles. The van der Waals surface area contributed by atoms with Crippen LogP contribution in [0.15, 0.2) is 24.3 Å². The highest BCUT2D eigenvalue weighted by atomic mass is 35.5. The SMILES string of the molecule is Cl.Cl.O=C(CC1CSCCN1)Nc1ccccc1N1CCCC1. The molecule has 1 unspecified atom stereocenters. The number of carbonyl (C=O) groups is 1. The number of halogens is 2. The molecule has 1 atom stereocenters. The van der Waals surface area contributed by atoms with Crippen molar-refractivity contribution in [3.63, 3.8) is 0 Å². The highest BCUT2D eigenvalue weighted by molar-refractivity contribution is 7.99. The molecule has 3 rings (SSSR count). The lowest BCUT2D eigenvalue weighted by molar-refractivity contribution is -0.116. The molecule has 0 saturated carbocycles. The second kappa shape index (κ2) is 10.3. The number of amides is 1. The molecule has 0 radical (unpaired) electrons. The van der Waals surface area contributed by atoms with Crippen molar-refractivity contribution in [3.8, 4) is 0 Å². The summed E-state index contributed by atoms with van der Waals surface area (Å²) in [5.74, 6) is 2.29. The Labute approximate surface area is 155 Å². The minimum Gasteiger partial charge on any atom is -0.370 e. The summed E-state index contributed by atoms with van der Waals surface area (Å²) in [4.78, 5) is 14.6. The minimum absolute atomic E-state index is 0. The van der Waals surface area contributed by atoms with E-state index in [1.165, 1.54) is 12.8 Å². The molecular formula is C16H25Cl2N3OS. The van der Waals surface area contributed by atoms with Crippen LogP contribution in [0.3, 0.4) is 0 Å². The van der Waals surface area contributed by atoms with Crippen molar-refractivity contribution in [1.29, 1.82) is 0 Å². The van der Waals surface area contributed by atoms with Gasteiger partial charge in [0.15, 0.2) is 0 Å². The van der Waals surface area contributed by atoms with Crippen molar-refractivity contribution >= 4 is 53.9 Å². The zero-order valence-electron chi connectivity index (χ0n) is 13.1. The van der Waals surface area contributed by atoms with E-state index >= 15 is 0 Å². The Morgan fingerprint density at radius 2 is 2.00 bits per heavy atom. The average Bonchev–Trinajstić information content (AvgIpc) is 3.03. The van der Waals surface area contributed by atoms with Gasteiger partial charge in [-0.25, -0.2) is 0 Å². The van der Waals surface area contributed by atoms with Gasteiger partial charge in [-0.2, -0.15) is 11.8 Å². The fourth-order valence-electron chi connectivity index (χ4n) is 2.99. The Morgan fingerprint density at radius 3 is 2.70 bits per heavy atom. The van der Waals surface area contributed by atoms with E-state index in [-0.39, 0.29) is 30.7 Å². The molecule has 2 aliphatic rings. The molecule has 7 heteroatoms. The van der Waals surface area contributed by atoms with E-state index in [4.69, 9.17) is 0 Å². The van der Waals surface area contributed by atoms with Crippen molar-refractivity contribution in [2.24, 2.45) is 0 Å². The van der Waals surface area contributed by atoms with Crippen LogP contribution in [0.1, 0.15) is 19.3 Å². The first-order valence-corrected chi connectivity index (χ1v) is 8.93. The van der Waals surface area contributed by atoms with Gasteiger partial charge in [0.2, 0.25) is 5.91 Å². The van der Waals surface area contributed by atoms with Crippen LogP contribution >= 0.6 is 36.6 Å². The number of nitrogens with one attached hydrogen (secondary N) is 2. The number of nitrogens with zero attached hydrogens (tertiary/aromatic N) is 1. The second-order valence-corrected chi connectivity index (χ2v) is 6.84. The monoisotopic (exact) mass is 377 g/mol. The summed E-state index contributed by atoms with van der Waals surface area (Å²) in [6, 6.07) is 8.46. The average molecular weight is 378 g/mol. The van der Waals surface area contributed by atoms with Gasteiger partial charge in [-0.1, -0.05) is 12.1 Å². The predicted octanol–water partition coefficient (Wildman–Crippen LogP) is 3.16. The number of hydrogen-bond acceptors (Lipinski definition) is 4. The maximum Gasteiger partial charge on any atom is 0.226 e. The molecule has 0 spiro atoms.